The Morgan fingerprint density at radius 1 is 1.32 bits per heavy atom. The Bertz CT molecular complexity index is 529. The molecule has 0 radical (unpaired) electrons. The van der Waals surface area contributed by atoms with Gasteiger partial charge >= 0.3 is 0 Å². The molecular weight excluding hydrogens is 267 g/mol. The van der Waals surface area contributed by atoms with E-state index in [9.17, 15) is 12.8 Å². The second-order valence-corrected chi connectivity index (χ2v) is 6.80. The first-order chi connectivity index (χ1) is 8.76. The van der Waals surface area contributed by atoms with Gasteiger partial charge in [-0.15, -0.1) is 0 Å². The van der Waals surface area contributed by atoms with Gasteiger partial charge in [0.2, 0.25) is 10.0 Å². The highest BCUT2D eigenvalue weighted by Crippen LogP contribution is 2.17. The van der Waals surface area contributed by atoms with Crippen molar-refractivity contribution in [3.05, 3.63) is 29.6 Å². The zero-order chi connectivity index (χ0) is 14.6. The molecule has 0 aromatic heterocycles. The zero-order valence-electron chi connectivity index (χ0n) is 11.5. The Morgan fingerprint density at radius 2 is 1.95 bits per heavy atom. The number of hydrogen-bond acceptors (Lipinski definition) is 3. The van der Waals surface area contributed by atoms with Gasteiger partial charge in [0.15, 0.2) is 0 Å². The first-order valence-corrected chi connectivity index (χ1v) is 7.75. The van der Waals surface area contributed by atoms with Crippen LogP contribution in [0.15, 0.2) is 23.1 Å². The maximum Gasteiger partial charge on any atom is 0.243 e. The van der Waals surface area contributed by atoms with Crippen LogP contribution in [-0.2, 0) is 16.6 Å². The van der Waals surface area contributed by atoms with Crippen LogP contribution in [0.1, 0.15) is 32.8 Å². The van der Waals surface area contributed by atoms with E-state index in [2.05, 4.69) is 4.72 Å². The minimum atomic E-state index is -3.85. The van der Waals surface area contributed by atoms with Crippen LogP contribution in [-0.4, -0.2) is 14.5 Å². The minimum absolute atomic E-state index is 0.171. The van der Waals surface area contributed by atoms with Crippen molar-refractivity contribution in [2.45, 2.75) is 44.7 Å². The second kappa shape index (κ2) is 6.45. The van der Waals surface area contributed by atoms with Crippen molar-refractivity contribution in [3.8, 4) is 0 Å². The number of halogens is 1. The summed E-state index contributed by atoms with van der Waals surface area (Å²) in [6.07, 6.45) is 0.692. The molecule has 0 aliphatic rings. The maximum atomic E-state index is 13.7. The SMILES string of the molecule is CC(C)CC(C)NS(=O)(=O)c1cc(CN)ccc1F. The Morgan fingerprint density at radius 3 is 2.47 bits per heavy atom. The maximum absolute atomic E-state index is 13.7. The minimum Gasteiger partial charge on any atom is -0.326 e. The van der Waals surface area contributed by atoms with Crippen LogP contribution in [0, 0.1) is 11.7 Å². The van der Waals surface area contributed by atoms with Crippen LogP contribution in [0.2, 0.25) is 0 Å². The third kappa shape index (κ3) is 4.56. The fraction of sp³-hybridized carbons (Fsp3) is 0.538. The van der Waals surface area contributed by atoms with Gasteiger partial charge < -0.3 is 5.73 Å². The Kier molecular flexibility index (Phi) is 5.46. The second-order valence-electron chi connectivity index (χ2n) is 5.12. The molecule has 1 atom stereocenters. The molecule has 0 saturated heterocycles. The highest BCUT2D eigenvalue weighted by atomic mass is 32.2. The fourth-order valence-corrected chi connectivity index (χ4v) is 3.35. The number of hydrogen-bond donors (Lipinski definition) is 2. The molecule has 0 bridgehead atoms. The highest BCUT2D eigenvalue weighted by molar-refractivity contribution is 7.89. The molecule has 0 spiro atoms. The summed E-state index contributed by atoms with van der Waals surface area (Å²) < 4.78 is 40.4. The fourth-order valence-electron chi connectivity index (χ4n) is 1.96. The average molecular weight is 288 g/mol. The summed E-state index contributed by atoms with van der Waals surface area (Å²) in [5, 5.41) is 0. The Balaban J connectivity index is 3.00. The number of rotatable bonds is 6. The van der Waals surface area contributed by atoms with Crippen molar-refractivity contribution < 1.29 is 12.8 Å². The van der Waals surface area contributed by atoms with Gasteiger partial charge in [-0.1, -0.05) is 19.9 Å². The van der Waals surface area contributed by atoms with Crippen LogP contribution in [0.3, 0.4) is 0 Å². The van der Waals surface area contributed by atoms with Crippen LogP contribution in [0.25, 0.3) is 0 Å². The molecule has 108 valence electrons. The summed E-state index contributed by atoms with van der Waals surface area (Å²) in [6.45, 7) is 5.94. The predicted molar refractivity (Wildman–Crippen MR) is 73.5 cm³/mol. The molecule has 6 heteroatoms. The molecule has 1 rings (SSSR count). The van der Waals surface area contributed by atoms with Crippen molar-refractivity contribution in [3.63, 3.8) is 0 Å². The molecule has 3 N–H and O–H groups in total. The van der Waals surface area contributed by atoms with Crippen molar-refractivity contribution in [1.82, 2.24) is 4.72 Å². The molecule has 1 aromatic carbocycles. The normalized spacial score (nSPS) is 13.8. The largest absolute Gasteiger partial charge is 0.326 e. The topological polar surface area (TPSA) is 72.2 Å². The lowest BCUT2D eigenvalue weighted by molar-refractivity contribution is 0.479. The van der Waals surface area contributed by atoms with Crippen molar-refractivity contribution in [2.75, 3.05) is 0 Å². The first-order valence-electron chi connectivity index (χ1n) is 6.27. The van der Waals surface area contributed by atoms with E-state index in [4.69, 9.17) is 5.73 Å². The third-order valence-corrected chi connectivity index (χ3v) is 4.31. The summed E-state index contributed by atoms with van der Waals surface area (Å²) in [5.41, 5.74) is 6.02. The molecule has 4 nitrogen and oxygen atoms in total. The number of benzene rings is 1. The molecule has 1 aromatic rings. The van der Waals surface area contributed by atoms with Gasteiger partial charge in [-0.05, 0) is 37.0 Å². The van der Waals surface area contributed by atoms with Gasteiger partial charge in [0.05, 0.1) is 0 Å². The zero-order valence-corrected chi connectivity index (χ0v) is 12.3. The van der Waals surface area contributed by atoms with Gasteiger partial charge in [-0.2, -0.15) is 0 Å². The van der Waals surface area contributed by atoms with Gasteiger partial charge in [-0.3, -0.25) is 0 Å². The van der Waals surface area contributed by atoms with E-state index in [1.54, 1.807) is 6.92 Å². The lowest BCUT2D eigenvalue weighted by Crippen LogP contribution is -2.34. The lowest BCUT2D eigenvalue weighted by atomic mass is 10.1. The Labute approximate surface area is 114 Å². The lowest BCUT2D eigenvalue weighted by Gasteiger charge is -2.16. The van der Waals surface area contributed by atoms with E-state index in [1.165, 1.54) is 12.1 Å². The summed E-state index contributed by atoms with van der Waals surface area (Å²) in [5.74, 6) is -0.403. The third-order valence-electron chi connectivity index (χ3n) is 2.70. The van der Waals surface area contributed by atoms with Crippen molar-refractivity contribution >= 4 is 10.0 Å². The van der Waals surface area contributed by atoms with E-state index in [1.807, 2.05) is 13.8 Å². The van der Waals surface area contributed by atoms with Gasteiger partial charge in [0.1, 0.15) is 10.7 Å². The van der Waals surface area contributed by atoms with Crippen molar-refractivity contribution in [1.29, 1.82) is 0 Å². The average Bonchev–Trinajstić information content (AvgIpc) is 2.27. The quantitative estimate of drug-likeness (QED) is 0.841. The monoisotopic (exact) mass is 288 g/mol. The summed E-state index contributed by atoms with van der Waals surface area (Å²) in [4.78, 5) is -0.342. The Hall–Kier alpha value is -0.980. The van der Waals surface area contributed by atoms with Crippen LogP contribution < -0.4 is 10.5 Å². The number of nitrogens with two attached hydrogens (primary N) is 1. The van der Waals surface area contributed by atoms with E-state index in [-0.39, 0.29) is 17.5 Å². The van der Waals surface area contributed by atoms with E-state index in [0.717, 1.165) is 6.07 Å². The summed E-state index contributed by atoms with van der Waals surface area (Å²) in [6, 6.07) is 3.64. The molecule has 0 fully saturated rings. The van der Waals surface area contributed by atoms with Gasteiger partial charge in [-0.25, -0.2) is 17.5 Å². The van der Waals surface area contributed by atoms with Gasteiger partial charge in [0.25, 0.3) is 0 Å². The van der Waals surface area contributed by atoms with E-state index >= 15 is 0 Å². The standard InChI is InChI=1S/C13H21FN2O2S/c1-9(2)6-10(3)16-19(17,18)13-7-11(8-15)4-5-12(13)14/h4-5,7,9-10,16H,6,8,15H2,1-3H3. The first kappa shape index (κ1) is 16.1. The predicted octanol–water partition coefficient (Wildman–Crippen LogP) is 2.00. The molecule has 0 saturated carbocycles. The molecule has 0 heterocycles. The van der Waals surface area contributed by atoms with E-state index < -0.39 is 15.8 Å². The molecule has 0 aliphatic carbocycles. The van der Waals surface area contributed by atoms with Gasteiger partial charge in [0, 0.05) is 12.6 Å². The summed E-state index contributed by atoms with van der Waals surface area (Å²) in [7, 11) is -3.85. The van der Waals surface area contributed by atoms with E-state index in [0.29, 0.717) is 17.9 Å². The molecule has 1 unspecified atom stereocenters. The van der Waals surface area contributed by atoms with Crippen LogP contribution >= 0.6 is 0 Å². The van der Waals surface area contributed by atoms with Crippen LogP contribution in [0.4, 0.5) is 4.39 Å². The highest BCUT2D eigenvalue weighted by Gasteiger charge is 2.22. The summed E-state index contributed by atoms with van der Waals surface area (Å²) >= 11 is 0. The van der Waals surface area contributed by atoms with Crippen molar-refractivity contribution in [2.24, 2.45) is 11.7 Å². The van der Waals surface area contributed by atoms with Crippen LogP contribution in [0.5, 0.6) is 0 Å². The molecule has 0 aliphatic heterocycles. The molecule has 0 amide bonds. The smallest absolute Gasteiger partial charge is 0.243 e. The molecule has 19 heavy (non-hydrogen) atoms. The molecular formula is C13H21FN2O2S. The number of sulfonamides is 1. The number of nitrogens with one attached hydrogen (secondary N) is 1.